The lowest BCUT2D eigenvalue weighted by Gasteiger charge is -2.34. The Morgan fingerprint density at radius 1 is 1.15 bits per heavy atom. The van der Waals surface area contributed by atoms with Gasteiger partial charge in [-0.2, -0.15) is 0 Å². The third kappa shape index (κ3) is 8.59. The highest BCUT2D eigenvalue weighted by Crippen LogP contribution is 2.09. The van der Waals surface area contributed by atoms with Crippen molar-refractivity contribution in [3.05, 3.63) is 18.5 Å². The van der Waals surface area contributed by atoms with E-state index in [0.717, 1.165) is 64.1 Å². The number of hydrogen-bond acceptors (Lipinski definition) is 5. The van der Waals surface area contributed by atoms with Gasteiger partial charge in [0.2, 0.25) is 5.95 Å². The monoisotopic (exact) mass is 489 g/mol. The van der Waals surface area contributed by atoms with Gasteiger partial charge < -0.3 is 15.5 Å². The highest BCUT2D eigenvalue weighted by molar-refractivity contribution is 14.0. The Bertz CT molecular complexity index is 530. The first kappa shape index (κ1) is 23.9. The van der Waals surface area contributed by atoms with Gasteiger partial charge in [0, 0.05) is 64.2 Å². The van der Waals surface area contributed by atoms with Gasteiger partial charge in [0.15, 0.2) is 5.96 Å². The highest BCUT2D eigenvalue weighted by atomic mass is 127. The summed E-state index contributed by atoms with van der Waals surface area (Å²) >= 11 is 0. The molecule has 2 rings (SSSR count). The number of hydrogen-bond donors (Lipinski definition) is 2. The molecule has 0 aromatic carbocycles. The molecule has 0 saturated carbocycles. The average Bonchev–Trinajstić information content (AvgIpc) is 2.66. The maximum Gasteiger partial charge on any atom is 0.225 e. The van der Waals surface area contributed by atoms with Crippen molar-refractivity contribution in [2.24, 2.45) is 10.9 Å². The number of nitrogens with one attached hydrogen (secondary N) is 2. The zero-order valence-electron chi connectivity index (χ0n) is 17.2. The number of halogens is 1. The van der Waals surface area contributed by atoms with Crippen molar-refractivity contribution in [3.8, 4) is 0 Å². The lowest BCUT2D eigenvalue weighted by atomic mass is 10.1. The second kappa shape index (κ2) is 13.1. The molecule has 1 aromatic rings. The predicted octanol–water partition coefficient (Wildman–Crippen LogP) is 2.21. The number of aromatic nitrogens is 2. The summed E-state index contributed by atoms with van der Waals surface area (Å²) in [6, 6.07) is 2.28. The van der Waals surface area contributed by atoms with Gasteiger partial charge in [-0.3, -0.25) is 9.89 Å². The summed E-state index contributed by atoms with van der Waals surface area (Å²) in [5, 5.41) is 6.82. The van der Waals surface area contributed by atoms with Gasteiger partial charge in [-0.05, 0) is 32.3 Å². The first-order chi connectivity index (χ1) is 12.6. The van der Waals surface area contributed by atoms with Gasteiger partial charge >= 0.3 is 0 Å². The molecule has 27 heavy (non-hydrogen) atoms. The summed E-state index contributed by atoms with van der Waals surface area (Å²) in [6.45, 7) is 15.7. The first-order valence-electron chi connectivity index (χ1n) is 9.89. The number of rotatable bonds is 8. The molecule has 2 heterocycles. The average molecular weight is 489 g/mol. The zero-order chi connectivity index (χ0) is 18.8. The fourth-order valence-corrected chi connectivity index (χ4v) is 2.81. The minimum absolute atomic E-state index is 0. The Morgan fingerprint density at radius 2 is 1.81 bits per heavy atom. The number of nitrogens with zero attached hydrogens (tertiary/aromatic N) is 5. The maximum absolute atomic E-state index is 4.72. The molecule has 1 aliphatic heterocycles. The van der Waals surface area contributed by atoms with E-state index in [9.17, 15) is 0 Å². The molecule has 0 bridgehead atoms. The topological polar surface area (TPSA) is 68.7 Å². The third-order valence-corrected chi connectivity index (χ3v) is 4.82. The van der Waals surface area contributed by atoms with E-state index in [4.69, 9.17) is 4.99 Å². The van der Waals surface area contributed by atoms with Crippen LogP contribution in [0.4, 0.5) is 5.95 Å². The summed E-state index contributed by atoms with van der Waals surface area (Å²) in [7, 11) is 0. The molecule has 1 unspecified atom stereocenters. The van der Waals surface area contributed by atoms with Gasteiger partial charge in [-0.15, -0.1) is 24.0 Å². The van der Waals surface area contributed by atoms with Gasteiger partial charge in [-0.25, -0.2) is 9.97 Å². The smallest absolute Gasteiger partial charge is 0.225 e. The summed E-state index contributed by atoms with van der Waals surface area (Å²) in [5.41, 5.74) is 0. The van der Waals surface area contributed by atoms with E-state index in [-0.39, 0.29) is 24.0 Å². The summed E-state index contributed by atoms with van der Waals surface area (Å²) < 4.78 is 0. The molecule has 0 amide bonds. The molecule has 2 N–H and O–H groups in total. The summed E-state index contributed by atoms with van der Waals surface area (Å²) in [5.74, 6) is 2.36. The van der Waals surface area contributed by atoms with Crippen LogP contribution in [0.2, 0.25) is 0 Å². The fourth-order valence-electron chi connectivity index (χ4n) is 2.81. The molecular weight excluding hydrogens is 453 g/mol. The fraction of sp³-hybridized carbons (Fsp3) is 0.737. The normalized spacial score (nSPS) is 16.8. The zero-order valence-corrected chi connectivity index (χ0v) is 19.5. The van der Waals surface area contributed by atoms with Crippen LogP contribution < -0.4 is 15.5 Å². The van der Waals surface area contributed by atoms with Crippen molar-refractivity contribution < 1.29 is 0 Å². The molecule has 0 aliphatic carbocycles. The molecule has 1 saturated heterocycles. The van der Waals surface area contributed by atoms with Crippen molar-refractivity contribution in [1.82, 2.24) is 25.5 Å². The van der Waals surface area contributed by atoms with E-state index in [0.29, 0.717) is 12.0 Å². The number of piperazine rings is 1. The standard InChI is InChI=1S/C19H35N7.HI/c1-5-20-18(24-17(4)16(2)3)21-10-7-11-25-12-14-26(15-13-25)19-22-8-6-9-23-19;/h6,8-9,16-17H,5,7,10-15H2,1-4H3,(H2,20,21,24);1H. The lowest BCUT2D eigenvalue weighted by Crippen LogP contribution is -2.47. The minimum Gasteiger partial charge on any atom is -0.357 e. The van der Waals surface area contributed by atoms with Crippen molar-refractivity contribution in [2.75, 3.05) is 50.7 Å². The van der Waals surface area contributed by atoms with E-state index in [1.54, 1.807) is 0 Å². The summed E-state index contributed by atoms with van der Waals surface area (Å²) in [6.07, 6.45) is 4.69. The lowest BCUT2D eigenvalue weighted by molar-refractivity contribution is 0.255. The predicted molar refractivity (Wildman–Crippen MR) is 124 cm³/mol. The van der Waals surface area contributed by atoms with E-state index in [2.05, 4.69) is 58.1 Å². The number of guanidine groups is 1. The molecule has 1 atom stereocenters. The quantitative estimate of drug-likeness (QED) is 0.253. The van der Waals surface area contributed by atoms with Crippen LogP contribution >= 0.6 is 24.0 Å². The molecule has 7 nitrogen and oxygen atoms in total. The van der Waals surface area contributed by atoms with E-state index in [1.807, 2.05) is 18.5 Å². The molecule has 154 valence electrons. The second-order valence-electron chi connectivity index (χ2n) is 7.17. The molecule has 1 aliphatic rings. The minimum atomic E-state index is 0. The molecule has 0 spiro atoms. The van der Waals surface area contributed by atoms with Gasteiger partial charge in [0.1, 0.15) is 0 Å². The van der Waals surface area contributed by atoms with Crippen molar-refractivity contribution >= 4 is 35.9 Å². The Labute approximate surface area is 181 Å². The van der Waals surface area contributed by atoms with Crippen LogP contribution in [-0.2, 0) is 0 Å². The van der Waals surface area contributed by atoms with Crippen LogP contribution in [0.15, 0.2) is 23.5 Å². The highest BCUT2D eigenvalue weighted by Gasteiger charge is 2.18. The van der Waals surface area contributed by atoms with Crippen LogP contribution in [0.25, 0.3) is 0 Å². The molecule has 1 fully saturated rings. The number of aliphatic imine (C=N–C) groups is 1. The first-order valence-corrected chi connectivity index (χ1v) is 9.89. The molecule has 0 radical (unpaired) electrons. The van der Waals surface area contributed by atoms with Gasteiger partial charge in [0.05, 0.1) is 0 Å². The number of anilines is 1. The van der Waals surface area contributed by atoms with Crippen LogP contribution in [-0.4, -0.2) is 72.7 Å². The third-order valence-electron chi connectivity index (χ3n) is 4.82. The van der Waals surface area contributed by atoms with Gasteiger partial charge in [0.25, 0.3) is 0 Å². The maximum atomic E-state index is 4.72. The Hall–Kier alpha value is -1.16. The van der Waals surface area contributed by atoms with Crippen LogP contribution in [0.3, 0.4) is 0 Å². The van der Waals surface area contributed by atoms with E-state index < -0.39 is 0 Å². The van der Waals surface area contributed by atoms with Crippen molar-refractivity contribution in [2.45, 2.75) is 40.2 Å². The van der Waals surface area contributed by atoms with Crippen LogP contribution in [0, 0.1) is 5.92 Å². The second-order valence-corrected chi connectivity index (χ2v) is 7.17. The van der Waals surface area contributed by atoms with Gasteiger partial charge in [-0.1, -0.05) is 13.8 Å². The molecular formula is C19H36IN7. The van der Waals surface area contributed by atoms with Crippen molar-refractivity contribution in [1.29, 1.82) is 0 Å². The Kier molecular flexibility index (Phi) is 11.6. The van der Waals surface area contributed by atoms with Crippen molar-refractivity contribution in [3.63, 3.8) is 0 Å². The van der Waals surface area contributed by atoms with Crippen LogP contribution in [0.1, 0.15) is 34.1 Å². The summed E-state index contributed by atoms with van der Waals surface area (Å²) in [4.78, 5) is 18.2. The molecule has 1 aromatic heterocycles. The Morgan fingerprint density at radius 3 is 2.41 bits per heavy atom. The largest absolute Gasteiger partial charge is 0.357 e. The SMILES string of the molecule is CCNC(=NCCCN1CCN(c2ncccn2)CC1)NC(C)C(C)C.I. The molecule has 8 heteroatoms. The van der Waals surface area contributed by atoms with Crippen LogP contribution in [0.5, 0.6) is 0 Å². The van der Waals surface area contributed by atoms with E-state index >= 15 is 0 Å². The van der Waals surface area contributed by atoms with E-state index in [1.165, 1.54) is 0 Å². The Balaban J connectivity index is 0.00000364.